The van der Waals surface area contributed by atoms with Crippen molar-refractivity contribution < 1.29 is 29.2 Å². The van der Waals surface area contributed by atoms with E-state index in [0.717, 1.165) is 0 Å². The maximum absolute atomic E-state index is 10.9. The van der Waals surface area contributed by atoms with Crippen molar-refractivity contribution in [2.45, 2.75) is 13.8 Å². The molecule has 0 aliphatic heterocycles. The molecule has 0 aliphatic carbocycles. The van der Waals surface area contributed by atoms with Gasteiger partial charge in [0.15, 0.2) is 5.75 Å². The van der Waals surface area contributed by atoms with Gasteiger partial charge in [-0.05, 0) is 38.1 Å². The first-order chi connectivity index (χ1) is 12.4. The van der Waals surface area contributed by atoms with Gasteiger partial charge in [0.1, 0.15) is 12.0 Å². The summed E-state index contributed by atoms with van der Waals surface area (Å²) in [6.45, 7) is 6.44. The number of rotatable bonds is 6. The molecule has 0 radical (unpaired) electrons. The lowest BCUT2D eigenvalue weighted by molar-refractivity contribution is -0.208. The van der Waals surface area contributed by atoms with E-state index in [9.17, 15) is 9.59 Å². The fourth-order valence-corrected chi connectivity index (χ4v) is 1.34. The monoisotopic (exact) mass is 356 g/mol. The van der Waals surface area contributed by atoms with Crippen LogP contribution in [0, 0.1) is 0 Å². The molecule has 0 atom stereocenters. The molecule has 2 aromatic rings. The Morgan fingerprint density at radius 3 is 1.88 bits per heavy atom. The lowest BCUT2D eigenvalue weighted by atomic mass is 10.3. The van der Waals surface area contributed by atoms with Crippen LogP contribution in [0.2, 0.25) is 0 Å². The number of aliphatic carboxylic acids is 1. The molecule has 1 N–H and O–H groups in total. The van der Waals surface area contributed by atoms with Crippen molar-refractivity contribution in [3.05, 3.63) is 84.7 Å². The molecule has 0 unspecified atom stereocenters. The molecule has 0 heterocycles. The van der Waals surface area contributed by atoms with Crippen LogP contribution in [0.15, 0.2) is 84.7 Å². The van der Waals surface area contributed by atoms with E-state index in [1.165, 1.54) is 13.2 Å². The first-order valence-corrected chi connectivity index (χ1v) is 7.61. The van der Waals surface area contributed by atoms with E-state index in [2.05, 4.69) is 11.5 Å². The highest BCUT2D eigenvalue weighted by atomic mass is 17.2. The Bertz CT molecular complexity index is 750. The Hall–Kier alpha value is -3.54. The van der Waals surface area contributed by atoms with Gasteiger partial charge in [0.2, 0.25) is 0 Å². The third-order valence-corrected chi connectivity index (χ3v) is 2.76. The first kappa shape index (κ1) is 20.5. The molecule has 136 valence electrons. The van der Waals surface area contributed by atoms with E-state index in [1.54, 1.807) is 43.3 Å². The first-order valence-electron chi connectivity index (χ1n) is 7.61. The van der Waals surface area contributed by atoms with Gasteiger partial charge >= 0.3 is 11.9 Å². The largest absolute Gasteiger partial charge is 0.478 e. The summed E-state index contributed by atoms with van der Waals surface area (Å²) < 4.78 is 5.09. The molecule has 6 nitrogen and oxygen atoms in total. The van der Waals surface area contributed by atoms with Crippen molar-refractivity contribution in [3.63, 3.8) is 0 Å². The summed E-state index contributed by atoms with van der Waals surface area (Å²) in [5, 5.41) is 8.51. The second-order valence-electron chi connectivity index (χ2n) is 5.08. The van der Waals surface area contributed by atoms with E-state index >= 15 is 0 Å². The molecule has 0 fully saturated rings. The third-order valence-electron chi connectivity index (χ3n) is 2.76. The number of hydrogen-bond acceptors (Lipinski definition) is 5. The van der Waals surface area contributed by atoms with Gasteiger partial charge in [-0.3, -0.25) is 4.89 Å². The maximum atomic E-state index is 10.9. The molecule has 6 heteroatoms. The quantitative estimate of drug-likeness (QED) is 0.362. The minimum absolute atomic E-state index is 0.170. The number of ether oxygens (including phenoxy) is 1. The number of hydrogen-bond donors (Lipinski definition) is 1. The number of carbonyl (C=O) groups excluding carboxylic acids is 1. The molecule has 0 saturated carbocycles. The average molecular weight is 356 g/mol. The van der Waals surface area contributed by atoms with Crippen LogP contribution in [0.3, 0.4) is 0 Å². The van der Waals surface area contributed by atoms with E-state index in [4.69, 9.17) is 14.7 Å². The predicted molar refractivity (Wildman–Crippen MR) is 96.4 cm³/mol. The van der Waals surface area contributed by atoms with Gasteiger partial charge in [0, 0.05) is 5.57 Å². The zero-order valence-corrected chi connectivity index (χ0v) is 14.5. The molecule has 2 rings (SSSR count). The van der Waals surface area contributed by atoms with E-state index in [1.807, 2.05) is 24.3 Å². The zero-order chi connectivity index (χ0) is 19.4. The highest BCUT2D eigenvalue weighted by molar-refractivity contribution is 5.86. The Kier molecular flexibility index (Phi) is 8.75. The number of carbonyl (C=O) groups is 2. The summed E-state index contributed by atoms with van der Waals surface area (Å²) in [4.78, 5) is 30.4. The van der Waals surface area contributed by atoms with E-state index < -0.39 is 11.9 Å². The second-order valence-corrected chi connectivity index (χ2v) is 5.08. The van der Waals surface area contributed by atoms with Crippen molar-refractivity contribution in [1.82, 2.24) is 0 Å². The van der Waals surface area contributed by atoms with E-state index in [-0.39, 0.29) is 5.57 Å². The zero-order valence-electron chi connectivity index (χ0n) is 14.5. The van der Waals surface area contributed by atoms with Gasteiger partial charge < -0.3 is 9.84 Å². The SMILES string of the molecule is C=C(C)C(=O)OOc1ccccc1.CC(=COc1ccccc1)C(=O)O. The summed E-state index contributed by atoms with van der Waals surface area (Å²) in [5.74, 6) is -0.431. The summed E-state index contributed by atoms with van der Waals surface area (Å²) in [6.07, 6.45) is 1.22. The van der Waals surface area contributed by atoms with Crippen LogP contribution in [0.25, 0.3) is 0 Å². The van der Waals surface area contributed by atoms with Crippen LogP contribution in [0.4, 0.5) is 0 Å². The minimum atomic E-state index is -0.976. The normalized spacial score (nSPS) is 10.0. The fourth-order valence-electron chi connectivity index (χ4n) is 1.34. The van der Waals surface area contributed by atoms with Crippen LogP contribution in [-0.4, -0.2) is 17.0 Å². The lowest BCUT2D eigenvalue weighted by Crippen LogP contribution is -2.07. The van der Waals surface area contributed by atoms with Crippen molar-refractivity contribution >= 4 is 11.9 Å². The van der Waals surface area contributed by atoms with Crippen molar-refractivity contribution in [1.29, 1.82) is 0 Å². The molecular formula is C20H20O6. The highest BCUT2D eigenvalue weighted by Crippen LogP contribution is 2.10. The Morgan fingerprint density at radius 2 is 1.42 bits per heavy atom. The number of para-hydroxylation sites is 2. The van der Waals surface area contributed by atoms with Crippen LogP contribution in [0.5, 0.6) is 11.5 Å². The molecule has 0 amide bonds. The molecule has 26 heavy (non-hydrogen) atoms. The number of benzene rings is 2. The van der Waals surface area contributed by atoms with Crippen LogP contribution in [-0.2, 0) is 14.5 Å². The number of carboxylic acid groups (broad SMARTS) is 1. The molecule has 0 spiro atoms. The average Bonchev–Trinajstić information content (AvgIpc) is 2.66. The lowest BCUT2D eigenvalue weighted by Gasteiger charge is -2.02. The van der Waals surface area contributed by atoms with Gasteiger partial charge in [-0.2, -0.15) is 0 Å². The van der Waals surface area contributed by atoms with Crippen molar-refractivity contribution in [3.8, 4) is 11.5 Å². The van der Waals surface area contributed by atoms with Gasteiger partial charge in [-0.15, -0.1) is 0 Å². The maximum Gasteiger partial charge on any atom is 0.381 e. The van der Waals surface area contributed by atoms with Crippen LogP contribution in [0.1, 0.15) is 13.8 Å². The third kappa shape index (κ3) is 8.35. The fraction of sp³-hybridized carbons (Fsp3) is 0.100. The summed E-state index contributed by atoms with van der Waals surface area (Å²) >= 11 is 0. The standard InChI is InChI=1S/2C10H10O3/c1-8(2)10(11)13-12-9-6-4-3-5-7-9;1-8(10(11)12)7-13-9-5-3-2-4-6-9/h3-7H,1H2,2H3;2-7H,1H3,(H,11,12). The molecule has 0 aromatic heterocycles. The summed E-state index contributed by atoms with van der Waals surface area (Å²) in [6, 6.07) is 17.8. The van der Waals surface area contributed by atoms with Gasteiger partial charge in [0.05, 0.1) is 5.57 Å². The van der Waals surface area contributed by atoms with Crippen LogP contribution >= 0.6 is 0 Å². The van der Waals surface area contributed by atoms with Gasteiger partial charge in [0.25, 0.3) is 0 Å². The Morgan fingerprint density at radius 1 is 0.923 bits per heavy atom. The number of carboxylic acids is 1. The Labute approximate surface area is 151 Å². The molecule has 0 saturated heterocycles. The van der Waals surface area contributed by atoms with Gasteiger partial charge in [-0.1, -0.05) is 43.0 Å². The second kappa shape index (κ2) is 11.1. The molecule has 0 bridgehead atoms. The van der Waals surface area contributed by atoms with E-state index in [0.29, 0.717) is 17.1 Å². The van der Waals surface area contributed by atoms with Crippen molar-refractivity contribution in [2.75, 3.05) is 0 Å². The highest BCUT2D eigenvalue weighted by Gasteiger charge is 2.04. The molecule has 0 aliphatic rings. The van der Waals surface area contributed by atoms with Gasteiger partial charge in [-0.25, -0.2) is 14.5 Å². The molecule has 2 aromatic carbocycles. The summed E-state index contributed by atoms with van der Waals surface area (Å²) in [5.41, 5.74) is 0.472. The van der Waals surface area contributed by atoms with Crippen molar-refractivity contribution in [2.24, 2.45) is 0 Å². The minimum Gasteiger partial charge on any atom is -0.478 e. The summed E-state index contributed by atoms with van der Waals surface area (Å²) in [7, 11) is 0. The Balaban J connectivity index is 0.000000260. The topological polar surface area (TPSA) is 82.1 Å². The smallest absolute Gasteiger partial charge is 0.381 e. The molecular weight excluding hydrogens is 336 g/mol. The predicted octanol–water partition coefficient (Wildman–Crippen LogP) is 4.15. The van der Waals surface area contributed by atoms with Crippen LogP contribution < -0.4 is 9.62 Å².